The van der Waals surface area contributed by atoms with Crippen LogP contribution >= 0.6 is 0 Å². The van der Waals surface area contributed by atoms with Crippen LogP contribution < -0.4 is 18.9 Å². The Hall–Kier alpha value is -3.03. The second-order valence-electron chi connectivity index (χ2n) is 4.14. The molecular weight excluding hydrogens is 302 g/mol. The number of ether oxygens (including phenoxy) is 4. The Kier molecular flexibility index (Phi) is 3.42. The van der Waals surface area contributed by atoms with Crippen LogP contribution in [0.4, 0.5) is 13.6 Å². The number of alkyl halides is 1. The summed E-state index contributed by atoms with van der Waals surface area (Å²) in [6.45, 7) is -2.12. The van der Waals surface area contributed by atoms with Crippen molar-refractivity contribution in [2.24, 2.45) is 0 Å². The molecule has 0 amide bonds. The quantitative estimate of drug-likeness (QED) is 0.678. The van der Waals surface area contributed by atoms with Crippen molar-refractivity contribution in [2.45, 2.75) is 6.54 Å². The lowest BCUT2D eigenvalue weighted by molar-refractivity contribution is -0.0663. The van der Waals surface area contributed by atoms with E-state index in [4.69, 9.17) is 4.74 Å². The van der Waals surface area contributed by atoms with E-state index in [-0.39, 0.29) is 17.2 Å². The number of halogens is 2. The molecule has 0 saturated heterocycles. The molecule has 0 bridgehead atoms. The van der Waals surface area contributed by atoms with Gasteiger partial charge < -0.3 is 24.1 Å². The molecule has 1 unspecified atom stereocenters. The van der Waals surface area contributed by atoms with Crippen molar-refractivity contribution in [3.8, 4) is 28.7 Å². The molecule has 1 N–H and O–H groups in total. The number of carbonyl (C=O) groups is 1. The summed E-state index contributed by atoms with van der Waals surface area (Å²) in [5, 5.41) is 9.45. The van der Waals surface area contributed by atoms with Crippen molar-refractivity contribution in [3.05, 3.63) is 42.2 Å². The average molecular weight is 310 g/mol. The summed E-state index contributed by atoms with van der Waals surface area (Å²) in [6, 6.07) is 7.90. The van der Waals surface area contributed by atoms with Gasteiger partial charge in [0.1, 0.15) is 0 Å². The van der Waals surface area contributed by atoms with Crippen molar-refractivity contribution >= 4 is 6.16 Å². The maximum Gasteiger partial charge on any atom is 0.519 e. The lowest BCUT2D eigenvalue weighted by Gasteiger charge is -2.08. The number of para-hydroxylation sites is 2. The van der Waals surface area contributed by atoms with E-state index in [9.17, 15) is 18.7 Å². The SMILES string of the molecule is O=C(Oc1ccccc1O)Oc1ccc2c(c1F)OC(F)O2. The van der Waals surface area contributed by atoms with E-state index in [1.165, 1.54) is 30.3 Å². The van der Waals surface area contributed by atoms with E-state index >= 15 is 0 Å². The van der Waals surface area contributed by atoms with Gasteiger partial charge in [0.05, 0.1) is 0 Å². The zero-order chi connectivity index (χ0) is 15.7. The van der Waals surface area contributed by atoms with Crippen molar-refractivity contribution < 1.29 is 37.6 Å². The van der Waals surface area contributed by atoms with Crippen molar-refractivity contribution in [2.75, 3.05) is 0 Å². The summed E-state index contributed by atoms with van der Waals surface area (Å²) >= 11 is 0. The summed E-state index contributed by atoms with van der Waals surface area (Å²) in [5.74, 6) is -2.72. The first-order valence-corrected chi connectivity index (χ1v) is 6.02. The summed E-state index contributed by atoms with van der Waals surface area (Å²) in [6.07, 6.45) is -1.28. The molecule has 0 spiro atoms. The second-order valence-corrected chi connectivity index (χ2v) is 4.14. The van der Waals surface area contributed by atoms with Gasteiger partial charge in [0.25, 0.3) is 0 Å². The third kappa shape index (κ3) is 2.58. The molecular formula is C14H8F2O6. The molecule has 3 rings (SSSR count). The average Bonchev–Trinajstić information content (AvgIpc) is 2.86. The molecule has 1 aliphatic heterocycles. The number of phenols is 1. The highest BCUT2D eigenvalue weighted by Gasteiger charge is 2.30. The lowest BCUT2D eigenvalue weighted by Crippen LogP contribution is -2.14. The molecule has 1 atom stereocenters. The van der Waals surface area contributed by atoms with Crippen molar-refractivity contribution in [3.63, 3.8) is 0 Å². The number of hydrogen-bond acceptors (Lipinski definition) is 6. The highest BCUT2D eigenvalue weighted by atomic mass is 19.2. The molecule has 0 radical (unpaired) electrons. The van der Waals surface area contributed by atoms with Crippen LogP contribution in [-0.4, -0.2) is 17.8 Å². The van der Waals surface area contributed by atoms with Gasteiger partial charge in [0, 0.05) is 0 Å². The van der Waals surface area contributed by atoms with E-state index in [1.807, 2.05) is 0 Å². The molecule has 1 aliphatic rings. The van der Waals surface area contributed by atoms with Gasteiger partial charge >= 0.3 is 12.7 Å². The predicted molar refractivity (Wildman–Crippen MR) is 67.3 cm³/mol. The molecule has 2 aromatic carbocycles. The summed E-state index contributed by atoms with van der Waals surface area (Å²) in [7, 11) is 0. The van der Waals surface area contributed by atoms with Crippen LogP contribution in [0.3, 0.4) is 0 Å². The van der Waals surface area contributed by atoms with Gasteiger partial charge in [-0.05, 0) is 24.3 Å². The van der Waals surface area contributed by atoms with Crippen molar-refractivity contribution in [1.82, 2.24) is 0 Å². The van der Waals surface area contributed by atoms with Crippen LogP contribution in [0.2, 0.25) is 0 Å². The van der Waals surface area contributed by atoms with Gasteiger partial charge in [-0.3, -0.25) is 0 Å². The number of benzene rings is 2. The van der Waals surface area contributed by atoms with Crippen LogP contribution in [0.15, 0.2) is 36.4 Å². The number of fused-ring (bicyclic) bond motifs is 1. The van der Waals surface area contributed by atoms with Gasteiger partial charge in [0.2, 0.25) is 11.6 Å². The third-order valence-electron chi connectivity index (χ3n) is 2.71. The highest BCUT2D eigenvalue weighted by Crippen LogP contribution is 2.41. The molecule has 0 saturated carbocycles. The van der Waals surface area contributed by atoms with Crippen LogP contribution in [0.1, 0.15) is 0 Å². The van der Waals surface area contributed by atoms with Crippen LogP contribution in [-0.2, 0) is 0 Å². The number of phenolic OH excluding ortho intramolecular Hbond substituents is 1. The maximum absolute atomic E-state index is 14.0. The molecule has 22 heavy (non-hydrogen) atoms. The van der Waals surface area contributed by atoms with E-state index in [0.29, 0.717) is 0 Å². The third-order valence-corrected chi connectivity index (χ3v) is 2.71. The number of rotatable bonds is 2. The minimum absolute atomic E-state index is 0.147. The number of aromatic hydroxyl groups is 1. The van der Waals surface area contributed by atoms with Gasteiger partial charge in [-0.25, -0.2) is 4.79 Å². The molecule has 6 nitrogen and oxygen atoms in total. The normalized spacial score (nSPS) is 15.5. The van der Waals surface area contributed by atoms with Crippen LogP contribution in [0, 0.1) is 5.82 Å². The zero-order valence-electron chi connectivity index (χ0n) is 10.8. The van der Waals surface area contributed by atoms with E-state index in [2.05, 4.69) is 14.2 Å². The Morgan fingerprint density at radius 3 is 2.59 bits per heavy atom. The van der Waals surface area contributed by atoms with Gasteiger partial charge in [0.15, 0.2) is 23.0 Å². The fourth-order valence-corrected chi connectivity index (χ4v) is 1.76. The van der Waals surface area contributed by atoms with Gasteiger partial charge in [-0.15, -0.1) is 0 Å². The van der Waals surface area contributed by atoms with Crippen LogP contribution in [0.5, 0.6) is 28.7 Å². The Labute approximate surface area is 122 Å². The number of hydrogen-bond donors (Lipinski definition) is 1. The molecule has 8 heteroatoms. The second kappa shape index (κ2) is 5.40. The Balaban J connectivity index is 1.75. The maximum atomic E-state index is 14.0. The summed E-state index contributed by atoms with van der Waals surface area (Å²) < 4.78 is 45.2. The minimum Gasteiger partial charge on any atom is -0.504 e. The Morgan fingerprint density at radius 2 is 1.82 bits per heavy atom. The summed E-state index contributed by atoms with van der Waals surface area (Å²) in [4.78, 5) is 11.6. The standard InChI is InChI=1S/C14H8F2O6/c15-11-9(5-6-10-12(11)22-13(16)19-10)21-14(18)20-8-4-2-1-3-7(8)17/h1-6,13,17H. The highest BCUT2D eigenvalue weighted by molar-refractivity contribution is 5.69. The topological polar surface area (TPSA) is 74.2 Å². The first-order valence-electron chi connectivity index (χ1n) is 6.02. The predicted octanol–water partition coefficient (Wildman–Crippen LogP) is 3.13. The van der Waals surface area contributed by atoms with Crippen LogP contribution in [0.25, 0.3) is 0 Å². The van der Waals surface area contributed by atoms with Gasteiger partial charge in [-0.1, -0.05) is 12.1 Å². The fourth-order valence-electron chi connectivity index (χ4n) is 1.76. The van der Waals surface area contributed by atoms with E-state index in [1.54, 1.807) is 0 Å². The molecule has 0 fully saturated rings. The molecule has 2 aromatic rings. The monoisotopic (exact) mass is 310 g/mol. The smallest absolute Gasteiger partial charge is 0.504 e. The summed E-state index contributed by atoms with van der Waals surface area (Å²) in [5.41, 5.74) is 0. The van der Waals surface area contributed by atoms with Crippen molar-refractivity contribution in [1.29, 1.82) is 0 Å². The largest absolute Gasteiger partial charge is 0.519 e. The van der Waals surface area contributed by atoms with E-state index < -0.39 is 30.0 Å². The fraction of sp³-hybridized carbons (Fsp3) is 0.0714. The molecule has 0 aromatic heterocycles. The first-order chi connectivity index (χ1) is 10.5. The zero-order valence-corrected chi connectivity index (χ0v) is 10.8. The van der Waals surface area contributed by atoms with Gasteiger partial charge in [-0.2, -0.15) is 8.78 Å². The van der Waals surface area contributed by atoms with E-state index in [0.717, 1.165) is 6.07 Å². The molecule has 114 valence electrons. The first kappa shape index (κ1) is 13.9. The lowest BCUT2D eigenvalue weighted by atomic mass is 10.3. The molecule has 1 heterocycles. The Bertz CT molecular complexity index is 733. The minimum atomic E-state index is -2.12. The Morgan fingerprint density at radius 1 is 1.09 bits per heavy atom. The number of carbonyl (C=O) groups excluding carboxylic acids is 1. The molecule has 0 aliphatic carbocycles.